The van der Waals surface area contributed by atoms with E-state index < -0.39 is 5.97 Å². The second kappa shape index (κ2) is 6.44. The molecule has 1 saturated heterocycles. The highest BCUT2D eigenvalue weighted by Gasteiger charge is 2.36. The van der Waals surface area contributed by atoms with E-state index in [0.29, 0.717) is 18.4 Å². The summed E-state index contributed by atoms with van der Waals surface area (Å²) in [7, 11) is 0. The summed E-state index contributed by atoms with van der Waals surface area (Å²) in [6.07, 6.45) is 9.56. The average Bonchev–Trinajstić information content (AvgIpc) is 3.13. The molecule has 0 aromatic carbocycles. The predicted molar refractivity (Wildman–Crippen MR) is 78.7 cm³/mol. The van der Waals surface area contributed by atoms with Crippen molar-refractivity contribution in [3.05, 3.63) is 0 Å². The van der Waals surface area contributed by atoms with Gasteiger partial charge in [0.15, 0.2) is 0 Å². The molecule has 20 heavy (non-hydrogen) atoms. The maximum absolute atomic E-state index is 11.0. The maximum Gasteiger partial charge on any atom is 0.303 e. The van der Waals surface area contributed by atoms with Gasteiger partial charge in [-0.05, 0) is 50.5 Å². The third kappa shape index (κ3) is 3.95. The summed E-state index contributed by atoms with van der Waals surface area (Å²) in [4.78, 5) is 13.5. The lowest BCUT2D eigenvalue weighted by molar-refractivity contribution is -0.138. The van der Waals surface area contributed by atoms with Gasteiger partial charge in [-0.15, -0.1) is 0 Å². The fourth-order valence-corrected chi connectivity index (χ4v) is 4.07. The molecule has 3 rings (SSSR count). The molecule has 114 valence electrons. The van der Waals surface area contributed by atoms with Gasteiger partial charge in [0.2, 0.25) is 0 Å². The SMILES string of the molecule is O=C(O)CC1CC(NCC2CCCC2)CN(C2CC2)C1. The first-order valence-electron chi connectivity index (χ1n) is 8.40. The molecule has 1 heterocycles. The molecular weight excluding hydrogens is 252 g/mol. The molecule has 0 aromatic heterocycles. The minimum atomic E-state index is -0.637. The van der Waals surface area contributed by atoms with Gasteiger partial charge in [-0.1, -0.05) is 12.8 Å². The third-order valence-corrected chi connectivity index (χ3v) is 5.26. The van der Waals surface area contributed by atoms with Gasteiger partial charge in [-0.2, -0.15) is 0 Å². The first-order chi connectivity index (χ1) is 9.70. The van der Waals surface area contributed by atoms with E-state index in [1.54, 1.807) is 0 Å². The lowest BCUT2D eigenvalue weighted by Gasteiger charge is -2.38. The van der Waals surface area contributed by atoms with Gasteiger partial charge in [0.1, 0.15) is 0 Å². The van der Waals surface area contributed by atoms with E-state index in [4.69, 9.17) is 5.11 Å². The fraction of sp³-hybridized carbons (Fsp3) is 0.938. The van der Waals surface area contributed by atoms with Gasteiger partial charge in [0.05, 0.1) is 0 Å². The number of likely N-dealkylation sites (tertiary alicyclic amines) is 1. The Morgan fingerprint density at radius 2 is 1.85 bits per heavy atom. The summed E-state index contributed by atoms with van der Waals surface area (Å²) < 4.78 is 0. The summed E-state index contributed by atoms with van der Waals surface area (Å²) in [5.41, 5.74) is 0. The summed E-state index contributed by atoms with van der Waals surface area (Å²) in [6, 6.07) is 1.26. The van der Waals surface area contributed by atoms with Gasteiger partial charge in [-0.25, -0.2) is 0 Å². The Morgan fingerprint density at radius 3 is 2.50 bits per heavy atom. The molecule has 0 spiro atoms. The molecule has 0 bridgehead atoms. The highest BCUT2D eigenvalue weighted by Crippen LogP contribution is 2.32. The molecule has 4 nitrogen and oxygen atoms in total. The highest BCUT2D eigenvalue weighted by molar-refractivity contribution is 5.67. The fourth-order valence-electron chi connectivity index (χ4n) is 4.07. The van der Waals surface area contributed by atoms with Crippen LogP contribution in [0.25, 0.3) is 0 Å². The van der Waals surface area contributed by atoms with Crippen molar-refractivity contribution in [2.45, 2.75) is 63.5 Å². The average molecular weight is 280 g/mol. The van der Waals surface area contributed by atoms with Crippen LogP contribution in [0.15, 0.2) is 0 Å². The second-order valence-electron chi connectivity index (χ2n) is 7.14. The Balaban J connectivity index is 1.50. The number of carboxylic acids is 1. The number of carboxylic acid groups (broad SMARTS) is 1. The molecule has 3 aliphatic rings. The second-order valence-corrected chi connectivity index (χ2v) is 7.14. The largest absolute Gasteiger partial charge is 0.481 e. The van der Waals surface area contributed by atoms with E-state index >= 15 is 0 Å². The molecule has 0 radical (unpaired) electrons. The van der Waals surface area contributed by atoms with Crippen molar-refractivity contribution >= 4 is 5.97 Å². The van der Waals surface area contributed by atoms with E-state index in [1.807, 2.05) is 0 Å². The van der Waals surface area contributed by atoms with Crippen LogP contribution in [0.3, 0.4) is 0 Å². The standard InChI is InChI=1S/C16H28N2O2/c19-16(20)8-13-7-14(11-18(10-13)15-5-6-15)17-9-12-3-1-2-4-12/h12-15,17H,1-11H2,(H,19,20). The summed E-state index contributed by atoms with van der Waals surface area (Å²) >= 11 is 0. The van der Waals surface area contributed by atoms with Gasteiger partial charge < -0.3 is 10.4 Å². The van der Waals surface area contributed by atoms with Crippen molar-refractivity contribution in [1.82, 2.24) is 10.2 Å². The Labute approximate surface area is 121 Å². The first-order valence-corrected chi connectivity index (χ1v) is 8.40. The van der Waals surface area contributed by atoms with Crippen LogP contribution in [0, 0.1) is 11.8 Å². The molecular formula is C16H28N2O2. The number of piperidine rings is 1. The van der Waals surface area contributed by atoms with Gasteiger partial charge >= 0.3 is 5.97 Å². The van der Waals surface area contributed by atoms with E-state index in [-0.39, 0.29) is 0 Å². The molecule has 2 N–H and O–H groups in total. The lowest BCUT2D eigenvalue weighted by atomic mass is 9.91. The maximum atomic E-state index is 11.0. The van der Waals surface area contributed by atoms with Gasteiger partial charge in [-0.3, -0.25) is 9.69 Å². The van der Waals surface area contributed by atoms with Crippen LogP contribution in [-0.4, -0.2) is 47.7 Å². The monoisotopic (exact) mass is 280 g/mol. The summed E-state index contributed by atoms with van der Waals surface area (Å²) in [5.74, 6) is 0.564. The van der Waals surface area contributed by atoms with Crippen LogP contribution in [0.4, 0.5) is 0 Å². The predicted octanol–water partition coefficient (Wildman–Crippen LogP) is 2.09. The number of hydrogen-bond acceptors (Lipinski definition) is 3. The lowest BCUT2D eigenvalue weighted by Crippen LogP contribution is -2.51. The molecule has 0 aromatic rings. The number of carbonyl (C=O) groups is 1. The van der Waals surface area contributed by atoms with Crippen molar-refractivity contribution in [3.8, 4) is 0 Å². The van der Waals surface area contributed by atoms with Crippen molar-refractivity contribution in [2.24, 2.45) is 11.8 Å². The quantitative estimate of drug-likeness (QED) is 0.782. The third-order valence-electron chi connectivity index (χ3n) is 5.26. The number of aliphatic carboxylic acids is 1. The van der Waals surface area contributed by atoms with Crippen molar-refractivity contribution in [2.75, 3.05) is 19.6 Å². The zero-order chi connectivity index (χ0) is 13.9. The molecule has 1 aliphatic heterocycles. The molecule has 0 amide bonds. The van der Waals surface area contributed by atoms with Gasteiger partial charge in [0.25, 0.3) is 0 Å². The molecule has 2 saturated carbocycles. The normalized spacial score (nSPS) is 32.6. The zero-order valence-corrected chi connectivity index (χ0v) is 12.4. The van der Waals surface area contributed by atoms with Crippen molar-refractivity contribution < 1.29 is 9.90 Å². The van der Waals surface area contributed by atoms with Crippen molar-refractivity contribution in [3.63, 3.8) is 0 Å². The Hall–Kier alpha value is -0.610. The van der Waals surface area contributed by atoms with Crippen LogP contribution in [0.5, 0.6) is 0 Å². The minimum absolute atomic E-state index is 0.336. The Bertz CT molecular complexity index is 337. The van der Waals surface area contributed by atoms with Crippen LogP contribution >= 0.6 is 0 Å². The number of rotatable bonds is 6. The zero-order valence-electron chi connectivity index (χ0n) is 12.4. The number of nitrogens with one attached hydrogen (secondary N) is 1. The van der Waals surface area contributed by atoms with Crippen LogP contribution < -0.4 is 5.32 Å². The van der Waals surface area contributed by atoms with E-state index in [0.717, 1.165) is 38.0 Å². The van der Waals surface area contributed by atoms with Crippen molar-refractivity contribution in [1.29, 1.82) is 0 Å². The summed E-state index contributed by atoms with van der Waals surface area (Å²) in [6.45, 7) is 3.27. The number of nitrogens with zero attached hydrogens (tertiary/aromatic N) is 1. The van der Waals surface area contributed by atoms with Crippen LogP contribution in [0.1, 0.15) is 51.4 Å². The highest BCUT2D eigenvalue weighted by atomic mass is 16.4. The minimum Gasteiger partial charge on any atom is -0.481 e. The molecule has 2 aliphatic carbocycles. The topological polar surface area (TPSA) is 52.6 Å². The van der Waals surface area contributed by atoms with E-state index in [9.17, 15) is 4.79 Å². The molecule has 3 fully saturated rings. The summed E-state index contributed by atoms with van der Waals surface area (Å²) in [5, 5.41) is 12.8. The smallest absolute Gasteiger partial charge is 0.303 e. The molecule has 4 heteroatoms. The molecule has 2 atom stereocenters. The van der Waals surface area contributed by atoms with E-state index in [1.165, 1.54) is 38.5 Å². The first kappa shape index (κ1) is 14.3. The van der Waals surface area contributed by atoms with E-state index in [2.05, 4.69) is 10.2 Å². The Kier molecular flexibility index (Phi) is 4.61. The molecule has 2 unspecified atom stereocenters. The Morgan fingerprint density at radius 1 is 1.10 bits per heavy atom. The van der Waals surface area contributed by atoms with Gasteiger partial charge in [0, 0.05) is 31.6 Å². The number of hydrogen-bond donors (Lipinski definition) is 2. The van der Waals surface area contributed by atoms with Crippen LogP contribution in [0.2, 0.25) is 0 Å². The van der Waals surface area contributed by atoms with Crippen LogP contribution in [-0.2, 0) is 4.79 Å².